The molecule has 2 aromatic carbocycles. The Morgan fingerprint density at radius 1 is 0.878 bits per heavy atom. The summed E-state index contributed by atoms with van der Waals surface area (Å²) < 4.78 is 2.36. The average Bonchev–Trinajstić information content (AvgIpc) is 3.61. The molecule has 1 fully saturated rings. The van der Waals surface area contributed by atoms with Gasteiger partial charge in [0, 0.05) is 49.5 Å². The maximum atomic E-state index is 13.8. The third-order valence-electron chi connectivity index (χ3n) is 8.54. The molecule has 0 radical (unpaired) electrons. The van der Waals surface area contributed by atoms with Crippen LogP contribution >= 0.6 is 0 Å². The largest absolute Gasteiger partial charge is 0.372 e. The number of amides is 1. The fourth-order valence-corrected chi connectivity index (χ4v) is 5.90. The van der Waals surface area contributed by atoms with Gasteiger partial charge in [0.25, 0.3) is 5.91 Å². The second-order valence-electron chi connectivity index (χ2n) is 12.6. The lowest BCUT2D eigenvalue weighted by atomic mass is 10.1. The predicted molar refractivity (Wildman–Crippen MR) is 174 cm³/mol. The molecular weight excluding hydrogens is 506 g/mol. The highest BCUT2D eigenvalue weighted by atomic mass is 16.2. The smallest absolute Gasteiger partial charge is 0.253 e. The van der Waals surface area contributed by atoms with Gasteiger partial charge in [0.05, 0.1) is 11.0 Å². The first-order valence-electron chi connectivity index (χ1n) is 16.2. The number of rotatable bonds is 15. The summed E-state index contributed by atoms with van der Waals surface area (Å²) in [6.07, 6.45) is 5.74. The fourth-order valence-electron chi connectivity index (χ4n) is 5.90. The Kier molecular flexibility index (Phi) is 11.3. The zero-order valence-corrected chi connectivity index (χ0v) is 26.5. The van der Waals surface area contributed by atoms with Gasteiger partial charge in [-0.15, -0.1) is 0 Å². The van der Waals surface area contributed by atoms with Crippen molar-refractivity contribution in [1.29, 1.82) is 0 Å². The van der Waals surface area contributed by atoms with E-state index in [-0.39, 0.29) is 5.91 Å². The van der Waals surface area contributed by atoms with Gasteiger partial charge in [0.15, 0.2) is 0 Å². The molecule has 1 aliphatic rings. The van der Waals surface area contributed by atoms with Crippen LogP contribution in [-0.2, 0) is 6.54 Å². The van der Waals surface area contributed by atoms with Crippen LogP contribution in [0.3, 0.4) is 0 Å². The second kappa shape index (κ2) is 14.9. The molecule has 4 rings (SSSR count). The summed E-state index contributed by atoms with van der Waals surface area (Å²) >= 11 is 0. The Morgan fingerprint density at radius 3 is 2.10 bits per heavy atom. The van der Waals surface area contributed by atoms with E-state index in [1.807, 2.05) is 6.07 Å². The van der Waals surface area contributed by atoms with Crippen LogP contribution in [0.1, 0.15) is 84.0 Å². The van der Waals surface area contributed by atoms with Crippen molar-refractivity contribution in [3.05, 3.63) is 48.0 Å². The van der Waals surface area contributed by atoms with Crippen LogP contribution < -0.4 is 4.90 Å². The van der Waals surface area contributed by atoms with Gasteiger partial charge >= 0.3 is 0 Å². The summed E-state index contributed by atoms with van der Waals surface area (Å²) in [7, 11) is 0. The monoisotopic (exact) mass is 559 g/mol. The standard InChI is InChI=1S/C35H53N5O/c1-7-38(8-2)31-15-12-29(13-16-31)34-36-32-17-14-30(35(41)39(24-18-27(3)4)25-19-28(5)6)26-33(32)40(34)23-11-22-37-20-9-10-21-37/h12-17,26-28H,7-11,18-25H2,1-6H3. The Morgan fingerprint density at radius 2 is 1.51 bits per heavy atom. The van der Waals surface area contributed by atoms with Crippen LogP contribution in [-0.4, -0.2) is 71.1 Å². The van der Waals surface area contributed by atoms with Gasteiger partial charge in [0.2, 0.25) is 0 Å². The lowest BCUT2D eigenvalue weighted by molar-refractivity contribution is 0.0741. The van der Waals surface area contributed by atoms with Crippen LogP contribution in [0.5, 0.6) is 0 Å². The number of anilines is 1. The van der Waals surface area contributed by atoms with Gasteiger partial charge in [-0.3, -0.25) is 4.79 Å². The highest BCUT2D eigenvalue weighted by Crippen LogP contribution is 2.29. The molecule has 6 heteroatoms. The average molecular weight is 560 g/mol. The molecule has 0 unspecified atom stereocenters. The number of aromatic nitrogens is 2. The van der Waals surface area contributed by atoms with Gasteiger partial charge in [-0.1, -0.05) is 27.7 Å². The lowest BCUT2D eigenvalue weighted by Crippen LogP contribution is -2.34. The van der Waals surface area contributed by atoms with E-state index >= 15 is 0 Å². The summed E-state index contributed by atoms with van der Waals surface area (Å²) in [4.78, 5) is 26.0. The van der Waals surface area contributed by atoms with Crippen molar-refractivity contribution in [3.8, 4) is 11.4 Å². The van der Waals surface area contributed by atoms with E-state index in [0.29, 0.717) is 11.8 Å². The van der Waals surface area contributed by atoms with Crippen molar-refractivity contribution in [2.75, 3.05) is 50.7 Å². The van der Waals surface area contributed by atoms with Crippen molar-refractivity contribution in [2.45, 2.75) is 80.2 Å². The lowest BCUT2D eigenvalue weighted by Gasteiger charge is -2.25. The van der Waals surface area contributed by atoms with Crippen LogP contribution in [0, 0.1) is 11.8 Å². The molecule has 0 spiro atoms. The fraction of sp³-hybridized carbons (Fsp3) is 0.600. The summed E-state index contributed by atoms with van der Waals surface area (Å²) in [6.45, 7) is 21.3. The predicted octanol–water partition coefficient (Wildman–Crippen LogP) is 7.57. The first kappa shape index (κ1) is 31.1. The Hall–Kier alpha value is -2.86. The number of fused-ring (bicyclic) bond motifs is 1. The zero-order valence-electron chi connectivity index (χ0n) is 26.5. The molecular formula is C35H53N5O. The number of likely N-dealkylation sites (tertiary alicyclic amines) is 1. The molecule has 1 amide bonds. The topological polar surface area (TPSA) is 44.6 Å². The zero-order chi connectivity index (χ0) is 29.4. The first-order chi connectivity index (χ1) is 19.8. The molecule has 3 aromatic rings. The number of carbonyl (C=O) groups is 1. The Labute approximate surface area is 248 Å². The van der Waals surface area contributed by atoms with Crippen molar-refractivity contribution < 1.29 is 4.79 Å². The number of carbonyl (C=O) groups excluding carboxylic acids is 1. The van der Waals surface area contributed by atoms with Crippen LogP contribution in [0.4, 0.5) is 5.69 Å². The van der Waals surface area contributed by atoms with Crippen molar-refractivity contribution in [3.63, 3.8) is 0 Å². The minimum atomic E-state index is 0.142. The van der Waals surface area contributed by atoms with E-state index in [1.54, 1.807) is 0 Å². The third-order valence-corrected chi connectivity index (χ3v) is 8.54. The third kappa shape index (κ3) is 8.12. The molecule has 6 nitrogen and oxygen atoms in total. The Balaban J connectivity index is 1.67. The number of benzene rings is 2. The van der Waals surface area contributed by atoms with Gasteiger partial charge in [0.1, 0.15) is 5.82 Å². The SMILES string of the molecule is CCN(CC)c1ccc(-c2nc3ccc(C(=O)N(CCC(C)C)CCC(C)C)cc3n2CCCN2CCCC2)cc1. The summed E-state index contributed by atoms with van der Waals surface area (Å²) in [5.41, 5.74) is 5.16. The highest BCUT2D eigenvalue weighted by molar-refractivity contribution is 5.98. The Bertz CT molecular complexity index is 1220. The van der Waals surface area contributed by atoms with Crippen LogP contribution in [0.2, 0.25) is 0 Å². The molecule has 0 aliphatic carbocycles. The molecule has 1 aliphatic heterocycles. The van der Waals surface area contributed by atoms with Crippen LogP contribution in [0.15, 0.2) is 42.5 Å². The second-order valence-corrected chi connectivity index (χ2v) is 12.6. The van der Waals surface area contributed by atoms with Crippen LogP contribution in [0.25, 0.3) is 22.4 Å². The quantitative estimate of drug-likeness (QED) is 0.193. The minimum absolute atomic E-state index is 0.142. The van der Waals surface area contributed by atoms with Gasteiger partial charge < -0.3 is 19.3 Å². The number of hydrogen-bond donors (Lipinski definition) is 0. The van der Waals surface area contributed by atoms with E-state index in [2.05, 4.69) is 97.2 Å². The maximum Gasteiger partial charge on any atom is 0.253 e. The number of hydrogen-bond acceptors (Lipinski definition) is 4. The molecule has 0 bridgehead atoms. The van der Waals surface area contributed by atoms with E-state index < -0.39 is 0 Å². The normalized spacial score (nSPS) is 14.0. The minimum Gasteiger partial charge on any atom is -0.372 e. The highest BCUT2D eigenvalue weighted by Gasteiger charge is 2.20. The van der Waals surface area contributed by atoms with Gasteiger partial charge in [-0.2, -0.15) is 0 Å². The molecule has 2 heterocycles. The summed E-state index contributed by atoms with van der Waals surface area (Å²) in [5, 5.41) is 0. The number of aryl methyl sites for hydroxylation is 1. The molecule has 0 saturated carbocycles. The van der Waals surface area contributed by atoms with Crippen molar-refractivity contribution in [2.24, 2.45) is 11.8 Å². The van der Waals surface area contributed by atoms with Gasteiger partial charge in [-0.25, -0.2) is 4.98 Å². The maximum absolute atomic E-state index is 13.8. The number of imidazole rings is 1. The number of nitrogens with zero attached hydrogens (tertiary/aromatic N) is 5. The molecule has 224 valence electrons. The molecule has 1 aromatic heterocycles. The first-order valence-corrected chi connectivity index (χ1v) is 16.2. The molecule has 1 saturated heterocycles. The molecule has 0 N–H and O–H groups in total. The van der Waals surface area contributed by atoms with E-state index in [1.165, 1.54) is 31.6 Å². The summed E-state index contributed by atoms with van der Waals surface area (Å²) in [6, 6.07) is 15.0. The van der Waals surface area contributed by atoms with Crippen molar-refractivity contribution in [1.82, 2.24) is 19.4 Å². The summed E-state index contributed by atoms with van der Waals surface area (Å²) in [5.74, 6) is 2.27. The van der Waals surface area contributed by atoms with Crippen molar-refractivity contribution >= 4 is 22.6 Å². The van der Waals surface area contributed by atoms with E-state index in [0.717, 1.165) is 86.5 Å². The van der Waals surface area contributed by atoms with Gasteiger partial charge in [-0.05, 0) is 120 Å². The molecule has 0 atom stereocenters. The van der Waals surface area contributed by atoms with E-state index in [4.69, 9.17) is 4.98 Å². The van der Waals surface area contributed by atoms with E-state index in [9.17, 15) is 4.79 Å². The molecule has 41 heavy (non-hydrogen) atoms.